The molecule has 0 fully saturated rings. The molecule has 0 saturated carbocycles. The zero-order valence-corrected chi connectivity index (χ0v) is 8.26. The zero-order chi connectivity index (χ0) is 10.6. The number of carbonyl (C=O) groups excluding carboxylic acids is 1. The van der Waals surface area contributed by atoms with Crippen molar-refractivity contribution in [1.82, 2.24) is 20.4 Å². The number of hydrogen-bond acceptors (Lipinski definition) is 2. The molecule has 78 valence electrons. The number of nitrogens with one attached hydrogen (secondary N) is 3. The SMILES string of the molecule is CNC(=O)NCCn1[nH]c(C)cc1=O. The molecule has 0 saturated heterocycles. The first-order valence-corrected chi connectivity index (χ1v) is 4.35. The molecule has 2 amide bonds. The Kier molecular flexibility index (Phi) is 3.33. The summed E-state index contributed by atoms with van der Waals surface area (Å²) in [6, 6.07) is 1.27. The minimum absolute atomic E-state index is 0.0822. The lowest BCUT2D eigenvalue weighted by atomic mass is 10.5. The van der Waals surface area contributed by atoms with E-state index in [4.69, 9.17) is 0 Å². The van der Waals surface area contributed by atoms with Gasteiger partial charge in [0, 0.05) is 25.4 Å². The smallest absolute Gasteiger partial charge is 0.314 e. The van der Waals surface area contributed by atoms with Gasteiger partial charge in [0.05, 0.1) is 6.54 Å². The van der Waals surface area contributed by atoms with E-state index in [1.54, 1.807) is 7.05 Å². The van der Waals surface area contributed by atoms with Gasteiger partial charge < -0.3 is 10.6 Å². The van der Waals surface area contributed by atoms with E-state index < -0.39 is 0 Å². The van der Waals surface area contributed by atoms with Gasteiger partial charge in [0.2, 0.25) is 0 Å². The van der Waals surface area contributed by atoms with Crippen LogP contribution in [-0.2, 0) is 6.54 Å². The van der Waals surface area contributed by atoms with Gasteiger partial charge in [-0.3, -0.25) is 14.6 Å². The third-order valence-corrected chi connectivity index (χ3v) is 1.77. The second-order valence-electron chi connectivity index (χ2n) is 2.93. The van der Waals surface area contributed by atoms with E-state index in [2.05, 4.69) is 15.7 Å². The molecule has 0 unspecified atom stereocenters. The second-order valence-corrected chi connectivity index (χ2v) is 2.93. The molecule has 1 heterocycles. The Morgan fingerprint density at radius 2 is 2.36 bits per heavy atom. The largest absolute Gasteiger partial charge is 0.341 e. The molecule has 0 aromatic carbocycles. The van der Waals surface area contributed by atoms with Gasteiger partial charge in [-0.25, -0.2) is 4.79 Å². The number of H-pyrrole nitrogens is 1. The minimum atomic E-state index is -0.249. The number of aryl methyl sites for hydroxylation is 1. The van der Waals surface area contributed by atoms with Gasteiger partial charge in [0.1, 0.15) is 0 Å². The Balaban J connectivity index is 2.42. The first-order chi connectivity index (χ1) is 6.63. The molecule has 1 rings (SSSR count). The molecule has 6 nitrogen and oxygen atoms in total. The molecule has 0 bridgehead atoms. The van der Waals surface area contributed by atoms with E-state index >= 15 is 0 Å². The molecule has 0 aliphatic carbocycles. The lowest BCUT2D eigenvalue weighted by Crippen LogP contribution is -2.36. The van der Waals surface area contributed by atoms with Gasteiger partial charge in [-0.2, -0.15) is 0 Å². The average Bonchev–Trinajstić information content (AvgIpc) is 2.45. The van der Waals surface area contributed by atoms with Crippen LogP contribution in [0.2, 0.25) is 0 Å². The Hall–Kier alpha value is -1.72. The van der Waals surface area contributed by atoms with Crippen LogP contribution in [0.4, 0.5) is 4.79 Å². The monoisotopic (exact) mass is 198 g/mol. The van der Waals surface area contributed by atoms with Crippen LogP contribution in [0.1, 0.15) is 5.69 Å². The summed E-state index contributed by atoms with van der Waals surface area (Å²) in [5.74, 6) is 0. The molecule has 0 aliphatic heterocycles. The Bertz CT molecular complexity index is 366. The van der Waals surface area contributed by atoms with Gasteiger partial charge in [-0.15, -0.1) is 0 Å². The Morgan fingerprint density at radius 3 is 2.86 bits per heavy atom. The summed E-state index contributed by atoms with van der Waals surface area (Å²) in [6.07, 6.45) is 0. The zero-order valence-electron chi connectivity index (χ0n) is 8.26. The van der Waals surface area contributed by atoms with Crippen molar-refractivity contribution in [2.24, 2.45) is 0 Å². The minimum Gasteiger partial charge on any atom is -0.341 e. The van der Waals surface area contributed by atoms with Gasteiger partial charge in [0.15, 0.2) is 0 Å². The molecule has 3 N–H and O–H groups in total. The molecular weight excluding hydrogens is 184 g/mol. The highest BCUT2D eigenvalue weighted by Crippen LogP contribution is 1.84. The molecule has 0 radical (unpaired) electrons. The molecular formula is C8H14N4O2. The lowest BCUT2D eigenvalue weighted by Gasteiger charge is -2.04. The number of nitrogens with zero attached hydrogens (tertiary/aromatic N) is 1. The van der Waals surface area contributed by atoms with Crippen molar-refractivity contribution in [3.05, 3.63) is 22.1 Å². The van der Waals surface area contributed by atoms with Gasteiger partial charge in [0.25, 0.3) is 5.56 Å². The molecule has 6 heteroatoms. The number of rotatable bonds is 3. The van der Waals surface area contributed by atoms with Crippen LogP contribution in [0.3, 0.4) is 0 Å². The summed E-state index contributed by atoms with van der Waals surface area (Å²) in [5.41, 5.74) is 0.733. The Labute approximate surface area is 81.3 Å². The van der Waals surface area contributed by atoms with Gasteiger partial charge in [-0.1, -0.05) is 0 Å². The molecule has 0 aliphatic rings. The number of amides is 2. The summed E-state index contributed by atoms with van der Waals surface area (Å²) < 4.78 is 1.45. The highest BCUT2D eigenvalue weighted by molar-refractivity contribution is 5.73. The molecule has 14 heavy (non-hydrogen) atoms. The third-order valence-electron chi connectivity index (χ3n) is 1.77. The highest BCUT2D eigenvalue weighted by Gasteiger charge is 1.99. The van der Waals surface area contributed by atoms with E-state index in [0.717, 1.165) is 5.69 Å². The molecule has 0 atom stereocenters. The fraction of sp³-hybridized carbons (Fsp3) is 0.500. The topological polar surface area (TPSA) is 78.9 Å². The molecule has 1 aromatic rings. The number of aromatic amines is 1. The first-order valence-electron chi connectivity index (χ1n) is 4.35. The summed E-state index contributed by atoms with van der Waals surface area (Å²) in [7, 11) is 1.54. The van der Waals surface area contributed by atoms with Crippen LogP contribution in [0.25, 0.3) is 0 Å². The summed E-state index contributed by atoms with van der Waals surface area (Å²) >= 11 is 0. The maximum Gasteiger partial charge on any atom is 0.314 e. The third kappa shape index (κ3) is 2.65. The van der Waals surface area contributed by atoms with Crippen molar-refractivity contribution in [1.29, 1.82) is 0 Å². The quantitative estimate of drug-likeness (QED) is 0.607. The second kappa shape index (κ2) is 4.50. The number of aromatic nitrogens is 2. The van der Waals surface area contributed by atoms with Crippen LogP contribution in [0.5, 0.6) is 0 Å². The first kappa shape index (κ1) is 10.4. The maximum atomic E-state index is 11.2. The summed E-state index contributed by atoms with van der Waals surface area (Å²) in [6.45, 7) is 2.67. The van der Waals surface area contributed by atoms with Crippen molar-refractivity contribution in [2.45, 2.75) is 13.5 Å². The average molecular weight is 198 g/mol. The van der Waals surface area contributed by atoms with Crippen LogP contribution in [0.15, 0.2) is 10.9 Å². The normalized spacial score (nSPS) is 9.86. The van der Waals surface area contributed by atoms with E-state index in [-0.39, 0.29) is 11.6 Å². The van der Waals surface area contributed by atoms with Crippen molar-refractivity contribution >= 4 is 6.03 Å². The van der Waals surface area contributed by atoms with E-state index in [1.807, 2.05) is 6.92 Å². The standard InChI is InChI=1S/C8H14N4O2/c1-6-5-7(13)12(11-6)4-3-10-8(14)9-2/h5,11H,3-4H2,1-2H3,(H2,9,10,14). The predicted molar refractivity (Wildman–Crippen MR) is 52.2 cm³/mol. The van der Waals surface area contributed by atoms with E-state index in [0.29, 0.717) is 13.1 Å². The fourth-order valence-electron chi connectivity index (χ4n) is 1.10. The van der Waals surface area contributed by atoms with Crippen LogP contribution >= 0.6 is 0 Å². The molecule has 1 aromatic heterocycles. The molecule has 0 spiro atoms. The van der Waals surface area contributed by atoms with E-state index in [9.17, 15) is 9.59 Å². The Morgan fingerprint density at radius 1 is 1.64 bits per heavy atom. The number of hydrogen-bond donors (Lipinski definition) is 3. The maximum absolute atomic E-state index is 11.2. The van der Waals surface area contributed by atoms with Crippen LogP contribution < -0.4 is 16.2 Å². The summed E-state index contributed by atoms with van der Waals surface area (Å²) in [5, 5.41) is 7.88. The van der Waals surface area contributed by atoms with Crippen molar-refractivity contribution in [3.63, 3.8) is 0 Å². The van der Waals surface area contributed by atoms with Crippen molar-refractivity contribution in [3.8, 4) is 0 Å². The highest BCUT2D eigenvalue weighted by atomic mass is 16.2. The van der Waals surface area contributed by atoms with E-state index in [1.165, 1.54) is 10.7 Å². The van der Waals surface area contributed by atoms with Crippen molar-refractivity contribution < 1.29 is 4.79 Å². The van der Waals surface area contributed by atoms with Crippen LogP contribution in [0, 0.1) is 6.92 Å². The van der Waals surface area contributed by atoms with Gasteiger partial charge >= 0.3 is 6.03 Å². The van der Waals surface area contributed by atoms with Crippen molar-refractivity contribution in [2.75, 3.05) is 13.6 Å². The lowest BCUT2D eigenvalue weighted by molar-refractivity contribution is 0.242. The summed E-state index contributed by atoms with van der Waals surface area (Å²) in [4.78, 5) is 22.0. The fourth-order valence-corrected chi connectivity index (χ4v) is 1.10. The number of carbonyl (C=O) groups is 1. The predicted octanol–water partition coefficient (Wildman–Crippen LogP) is -0.586. The van der Waals surface area contributed by atoms with Crippen LogP contribution in [-0.4, -0.2) is 29.4 Å². The number of urea groups is 1. The van der Waals surface area contributed by atoms with Gasteiger partial charge in [-0.05, 0) is 6.92 Å².